The van der Waals surface area contributed by atoms with E-state index >= 15 is 0 Å². The Labute approximate surface area is 201 Å². The number of benzene rings is 2. The molecule has 1 aliphatic rings. The van der Waals surface area contributed by atoms with Crippen LogP contribution >= 0.6 is 12.2 Å². The van der Waals surface area contributed by atoms with Gasteiger partial charge in [0.1, 0.15) is 23.4 Å². The molecule has 0 radical (unpaired) electrons. The molecule has 170 valence electrons. The highest BCUT2D eigenvalue weighted by Crippen LogP contribution is 2.43. The van der Waals surface area contributed by atoms with Gasteiger partial charge in [0.2, 0.25) is 5.91 Å². The number of aromatic nitrogens is 1. The van der Waals surface area contributed by atoms with Gasteiger partial charge in [0.05, 0.1) is 11.7 Å². The molecule has 2 atom stereocenters. The molecule has 3 heterocycles. The van der Waals surface area contributed by atoms with Gasteiger partial charge in [0.25, 0.3) is 0 Å². The van der Waals surface area contributed by atoms with Crippen LogP contribution in [0.25, 0.3) is 11.3 Å². The number of nitrogens with zero attached hydrogens (tertiary/aromatic N) is 2. The molecule has 2 aromatic heterocycles. The van der Waals surface area contributed by atoms with Crippen molar-refractivity contribution in [3.8, 4) is 11.3 Å². The van der Waals surface area contributed by atoms with Gasteiger partial charge in [-0.1, -0.05) is 6.07 Å². The summed E-state index contributed by atoms with van der Waals surface area (Å²) in [7, 11) is 0. The Hall–Kier alpha value is -4.04. The first-order valence-corrected chi connectivity index (χ1v) is 11.1. The van der Waals surface area contributed by atoms with Gasteiger partial charge in [0, 0.05) is 30.1 Å². The van der Waals surface area contributed by atoms with Crippen LogP contribution in [-0.4, -0.2) is 16.0 Å². The van der Waals surface area contributed by atoms with Crippen LogP contribution < -0.4 is 15.5 Å². The number of furan rings is 1. The van der Waals surface area contributed by atoms with Crippen molar-refractivity contribution >= 4 is 34.6 Å². The van der Waals surface area contributed by atoms with Gasteiger partial charge in [-0.25, -0.2) is 4.39 Å². The van der Waals surface area contributed by atoms with Gasteiger partial charge in [-0.15, -0.1) is 0 Å². The van der Waals surface area contributed by atoms with Crippen LogP contribution in [0.2, 0.25) is 0 Å². The normalized spacial score (nSPS) is 17.5. The Morgan fingerprint density at radius 3 is 2.50 bits per heavy atom. The molecular weight excluding hydrogens is 451 g/mol. The largest absolute Gasteiger partial charge is 0.459 e. The summed E-state index contributed by atoms with van der Waals surface area (Å²) in [6.45, 7) is 1.47. The van der Waals surface area contributed by atoms with Crippen molar-refractivity contribution in [2.24, 2.45) is 0 Å². The maximum atomic E-state index is 13.4. The van der Waals surface area contributed by atoms with Gasteiger partial charge in [0.15, 0.2) is 5.11 Å². The van der Waals surface area contributed by atoms with E-state index in [1.807, 2.05) is 59.5 Å². The Morgan fingerprint density at radius 1 is 1.06 bits per heavy atom. The lowest BCUT2D eigenvalue weighted by atomic mass is 10.0. The van der Waals surface area contributed by atoms with E-state index in [1.165, 1.54) is 19.1 Å². The van der Waals surface area contributed by atoms with Crippen LogP contribution in [0.5, 0.6) is 0 Å². The monoisotopic (exact) mass is 472 g/mol. The molecule has 34 heavy (non-hydrogen) atoms. The number of pyridine rings is 1. The van der Waals surface area contributed by atoms with E-state index in [9.17, 15) is 9.18 Å². The molecule has 2 N–H and O–H groups in total. The van der Waals surface area contributed by atoms with Crippen molar-refractivity contribution in [1.29, 1.82) is 0 Å². The number of nitrogens with one attached hydrogen (secondary N) is 2. The third-order valence-electron chi connectivity index (χ3n) is 5.61. The smallest absolute Gasteiger partial charge is 0.221 e. The SMILES string of the molecule is CC(=O)Nc1ccc(N2C(=S)NC(c3ccccn3)C2c2ccc(-c3ccc(F)cc3)o2)cc1. The number of hydrogen-bond donors (Lipinski definition) is 2. The van der Waals surface area contributed by atoms with E-state index in [1.54, 1.807) is 18.3 Å². The third-order valence-corrected chi connectivity index (χ3v) is 5.93. The second-order valence-electron chi connectivity index (χ2n) is 7.93. The van der Waals surface area contributed by atoms with E-state index in [2.05, 4.69) is 15.6 Å². The van der Waals surface area contributed by atoms with Crippen molar-refractivity contribution in [2.45, 2.75) is 19.0 Å². The average molecular weight is 473 g/mol. The highest BCUT2D eigenvalue weighted by molar-refractivity contribution is 7.80. The summed E-state index contributed by atoms with van der Waals surface area (Å²) in [5.41, 5.74) is 3.15. The predicted octanol–water partition coefficient (Wildman–Crippen LogP) is 5.62. The quantitative estimate of drug-likeness (QED) is 0.368. The van der Waals surface area contributed by atoms with E-state index in [-0.39, 0.29) is 23.8 Å². The van der Waals surface area contributed by atoms with Gasteiger partial charge >= 0.3 is 0 Å². The third kappa shape index (κ3) is 4.27. The van der Waals surface area contributed by atoms with Crippen molar-refractivity contribution in [2.75, 3.05) is 10.2 Å². The zero-order valence-corrected chi connectivity index (χ0v) is 19.1. The summed E-state index contributed by atoms with van der Waals surface area (Å²) in [4.78, 5) is 17.9. The lowest BCUT2D eigenvalue weighted by Crippen LogP contribution is -2.29. The number of halogens is 1. The van der Waals surface area contributed by atoms with E-state index < -0.39 is 0 Å². The molecule has 1 amide bonds. The van der Waals surface area contributed by atoms with Crippen LogP contribution in [0.4, 0.5) is 15.8 Å². The number of anilines is 2. The topological polar surface area (TPSA) is 70.4 Å². The molecule has 1 saturated heterocycles. The molecule has 8 heteroatoms. The van der Waals surface area contributed by atoms with Crippen molar-refractivity contribution in [1.82, 2.24) is 10.3 Å². The Kier molecular flexibility index (Phi) is 5.81. The molecular formula is C26H21FN4O2S. The van der Waals surface area contributed by atoms with Gasteiger partial charge in [-0.05, 0) is 85.0 Å². The van der Waals surface area contributed by atoms with Crippen molar-refractivity contribution < 1.29 is 13.6 Å². The lowest BCUT2D eigenvalue weighted by molar-refractivity contribution is -0.114. The first-order chi connectivity index (χ1) is 16.5. The molecule has 2 unspecified atom stereocenters. The Balaban J connectivity index is 1.55. The minimum Gasteiger partial charge on any atom is -0.459 e. The zero-order chi connectivity index (χ0) is 23.7. The van der Waals surface area contributed by atoms with Crippen LogP contribution in [0.3, 0.4) is 0 Å². The molecule has 0 bridgehead atoms. The summed E-state index contributed by atoms with van der Waals surface area (Å²) in [5, 5.41) is 6.70. The number of amides is 1. The van der Waals surface area contributed by atoms with E-state index in [4.69, 9.17) is 16.6 Å². The number of carbonyl (C=O) groups excluding carboxylic acids is 1. The summed E-state index contributed by atoms with van der Waals surface area (Å²) in [5.74, 6) is 0.884. The van der Waals surface area contributed by atoms with Crippen LogP contribution in [0.1, 0.15) is 30.5 Å². The number of hydrogen-bond acceptors (Lipinski definition) is 4. The fourth-order valence-corrected chi connectivity index (χ4v) is 4.46. The molecule has 1 fully saturated rings. The van der Waals surface area contributed by atoms with Crippen LogP contribution in [0, 0.1) is 5.82 Å². The molecule has 4 aromatic rings. The summed E-state index contributed by atoms with van der Waals surface area (Å²) < 4.78 is 19.7. The van der Waals surface area contributed by atoms with Gasteiger partial charge in [-0.2, -0.15) is 0 Å². The first-order valence-electron chi connectivity index (χ1n) is 10.7. The summed E-state index contributed by atoms with van der Waals surface area (Å²) in [6.07, 6.45) is 1.74. The number of thiocarbonyl (C=S) groups is 1. The second-order valence-corrected chi connectivity index (χ2v) is 8.32. The molecule has 5 rings (SSSR count). The number of rotatable bonds is 5. The van der Waals surface area contributed by atoms with Crippen LogP contribution in [0.15, 0.2) is 89.5 Å². The average Bonchev–Trinajstić information content (AvgIpc) is 3.45. The fourth-order valence-electron chi connectivity index (χ4n) is 4.11. The molecule has 1 aliphatic heterocycles. The summed E-state index contributed by atoms with van der Waals surface area (Å²) in [6, 6.07) is 22.6. The standard InChI is InChI=1S/C26H21FN4O2S/c1-16(32)29-19-9-11-20(12-10-19)31-25(24(30-26(31)34)21-4-2-3-15-28-21)23-14-13-22(33-23)17-5-7-18(27)8-6-17/h2-15,24-25H,1H3,(H,29,32)(H,30,34). The number of carbonyl (C=O) groups is 1. The second kappa shape index (κ2) is 9.07. The molecule has 0 spiro atoms. The predicted molar refractivity (Wildman–Crippen MR) is 133 cm³/mol. The minimum absolute atomic E-state index is 0.136. The first kappa shape index (κ1) is 21.8. The zero-order valence-electron chi connectivity index (χ0n) is 18.2. The molecule has 2 aromatic carbocycles. The van der Waals surface area contributed by atoms with Crippen molar-refractivity contribution in [3.05, 3.63) is 102 Å². The van der Waals surface area contributed by atoms with E-state index in [0.717, 1.165) is 16.9 Å². The van der Waals surface area contributed by atoms with Gasteiger partial charge in [-0.3, -0.25) is 9.78 Å². The Morgan fingerprint density at radius 2 is 1.82 bits per heavy atom. The highest BCUT2D eigenvalue weighted by Gasteiger charge is 2.42. The van der Waals surface area contributed by atoms with Crippen LogP contribution in [-0.2, 0) is 4.79 Å². The maximum Gasteiger partial charge on any atom is 0.221 e. The Bertz CT molecular complexity index is 1320. The van der Waals surface area contributed by atoms with E-state index in [0.29, 0.717) is 22.3 Å². The molecule has 6 nitrogen and oxygen atoms in total. The lowest BCUT2D eigenvalue weighted by Gasteiger charge is -2.26. The summed E-state index contributed by atoms with van der Waals surface area (Å²) >= 11 is 5.73. The maximum absolute atomic E-state index is 13.4. The highest BCUT2D eigenvalue weighted by atomic mass is 32.1. The van der Waals surface area contributed by atoms with Crippen molar-refractivity contribution in [3.63, 3.8) is 0 Å². The van der Waals surface area contributed by atoms with Gasteiger partial charge < -0.3 is 20.0 Å². The molecule has 0 saturated carbocycles. The minimum atomic E-state index is -0.316. The molecule has 0 aliphatic carbocycles. The fraction of sp³-hybridized carbons (Fsp3) is 0.115.